The molecule has 0 aliphatic rings. The first-order valence-electron chi connectivity index (χ1n) is 3.59. The maximum Gasteiger partial charge on any atom is 0.137 e. The molecule has 0 aliphatic heterocycles. The molecular weight excluding hydrogens is 239 g/mol. The van der Waals surface area contributed by atoms with Crippen LogP contribution in [-0.2, 0) is 5.75 Å². The second kappa shape index (κ2) is 4.28. The van der Waals surface area contributed by atoms with Gasteiger partial charge >= 0.3 is 0 Å². The van der Waals surface area contributed by atoms with Crippen molar-refractivity contribution in [3.8, 4) is 0 Å². The molecule has 0 nitrogen and oxygen atoms in total. The van der Waals surface area contributed by atoms with Gasteiger partial charge < -0.3 is 0 Å². The van der Waals surface area contributed by atoms with Crippen LogP contribution in [0.5, 0.6) is 0 Å². The molecule has 0 aromatic heterocycles. The van der Waals surface area contributed by atoms with E-state index in [4.69, 9.17) is 0 Å². The van der Waals surface area contributed by atoms with E-state index in [-0.39, 0.29) is 5.82 Å². The SMILES string of the molecule is CSCc1ccc(F)c(Br)c1C. The number of hydrogen-bond acceptors (Lipinski definition) is 1. The third-order valence-electron chi connectivity index (χ3n) is 1.75. The summed E-state index contributed by atoms with van der Waals surface area (Å²) in [6, 6.07) is 3.34. The number of benzene rings is 1. The molecule has 3 heteroatoms. The minimum atomic E-state index is -0.183. The first-order chi connectivity index (χ1) is 5.66. The molecule has 0 saturated carbocycles. The van der Waals surface area contributed by atoms with Crippen LogP contribution in [0.4, 0.5) is 4.39 Å². The van der Waals surface area contributed by atoms with Crippen LogP contribution in [0.1, 0.15) is 11.1 Å². The van der Waals surface area contributed by atoms with Gasteiger partial charge in [0, 0.05) is 5.75 Å². The topological polar surface area (TPSA) is 0 Å². The van der Waals surface area contributed by atoms with Crippen molar-refractivity contribution in [1.29, 1.82) is 0 Å². The molecule has 1 aromatic carbocycles. The highest BCUT2D eigenvalue weighted by atomic mass is 79.9. The molecule has 1 aromatic rings. The lowest BCUT2D eigenvalue weighted by Gasteiger charge is -2.06. The summed E-state index contributed by atoms with van der Waals surface area (Å²) >= 11 is 4.96. The Balaban J connectivity index is 3.08. The highest BCUT2D eigenvalue weighted by molar-refractivity contribution is 9.10. The third-order valence-corrected chi connectivity index (χ3v) is 3.32. The molecule has 0 radical (unpaired) electrons. The maximum absolute atomic E-state index is 12.9. The molecule has 0 saturated heterocycles. The van der Waals surface area contributed by atoms with Gasteiger partial charge in [-0.15, -0.1) is 0 Å². The van der Waals surface area contributed by atoms with Crippen LogP contribution in [-0.4, -0.2) is 6.26 Å². The van der Waals surface area contributed by atoms with Crippen molar-refractivity contribution in [3.05, 3.63) is 33.5 Å². The summed E-state index contributed by atoms with van der Waals surface area (Å²) in [6.45, 7) is 1.93. The zero-order valence-electron chi connectivity index (χ0n) is 7.03. The van der Waals surface area contributed by atoms with Crippen molar-refractivity contribution in [1.82, 2.24) is 0 Å². The van der Waals surface area contributed by atoms with Gasteiger partial charge in [0.15, 0.2) is 0 Å². The van der Waals surface area contributed by atoms with E-state index in [0.717, 1.165) is 11.3 Å². The molecule has 0 aliphatic carbocycles. The van der Waals surface area contributed by atoms with E-state index < -0.39 is 0 Å². The lowest BCUT2D eigenvalue weighted by Crippen LogP contribution is -1.90. The van der Waals surface area contributed by atoms with Crippen LogP contribution >= 0.6 is 27.7 Å². The quantitative estimate of drug-likeness (QED) is 0.769. The number of thioether (sulfide) groups is 1. The van der Waals surface area contributed by atoms with Crippen molar-refractivity contribution in [2.24, 2.45) is 0 Å². The number of halogens is 2. The normalized spacial score (nSPS) is 10.3. The Morgan fingerprint density at radius 2 is 2.17 bits per heavy atom. The molecule has 0 amide bonds. The van der Waals surface area contributed by atoms with E-state index in [1.807, 2.05) is 19.2 Å². The van der Waals surface area contributed by atoms with Gasteiger partial charge in [-0.05, 0) is 46.3 Å². The minimum Gasteiger partial charge on any atom is -0.206 e. The summed E-state index contributed by atoms with van der Waals surface area (Å²) in [7, 11) is 0. The zero-order valence-corrected chi connectivity index (χ0v) is 9.43. The second-order valence-corrected chi connectivity index (χ2v) is 4.24. The molecule has 66 valence electrons. The van der Waals surface area contributed by atoms with Gasteiger partial charge in [0.2, 0.25) is 0 Å². The molecule has 0 bridgehead atoms. The van der Waals surface area contributed by atoms with Gasteiger partial charge in [-0.1, -0.05) is 6.07 Å². The van der Waals surface area contributed by atoms with E-state index in [1.165, 1.54) is 11.6 Å². The fourth-order valence-corrected chi connectivity index (χ4v) is 2.01. The first-order valence-corrected chi connectivity index (χ1v) is 5.78. The van der Waals surface area contributed by atoms with E-state index in [2.05, 4.69) is 15.9 Å². The molecule has 0 atom stereocenters. The molecule has 0 N–H and O–H groups in total. The highest BCUT2D eigenvalue weighted by Crippen LogP contribution is 2.25. The Morgan fingerprint density at radius 1 is 1.50 bits per heavy atom. The fourth-order valence-electron chi connectivity index (χ4n) is 1.00. The molecule has 0 fully saturated rings. The third kappa shape index (κ3) is 2.02. The molecular formula is C9H10BrFS. The Bertz CT molecular complexity index is 286. The van der Waals surface area contributed by atoms with Crippen LogP contribution in [0.15, 0.2) is 16.6 Å². The molecule has 1 rings (SSSR count). The van der Waals surface area contributed by atoms with Crippen LogP contribution < -0.4 is 0 Å². The largest absolute Gasteiger partial charge is 0.206 e. The molecule has 0 heterocycles. The van der Waals surface area contributed by atoms with Crippen molar-refractivity contribution >= 4 is 27.7 Å². The molecule has 12 heavy (non-hydrogen) atoms. The number of hydrogen-bond donors (Lipinski definition) is 0. The van der Waals surface area contributed by atoms with Gasteiger partial charge in [0.1, 0.15) is 5.82 Å². The summed E-state index contributed by atoms with van der Waals surface area (Å²) < 4.78 is 13.5. The van der Waals surface area contributed by atoms with Crippen LogP contribution in [0.2, 0.25) is 0 Å². The van der Waals surface area contributed by atoms with Gasteiger partial charge in [0.25, 0.3) is 0 Å². The van der Waals surface area contributed by atoms with E-state index in [9.17, 15) is 4.39 Å². The lowest BCUT2D eigenvalue weighted by atomic mass is 10.1. The van der Waals surface area contributed by atoms with Crippen LogP contribution in [0.25, 0.3) is 0 Å². The predicted molar refractivity (Wildman–Crippen MR) is 56.1 cm³/mol. The Kier molecular flexibility index (Phi) is 3.59. The average Bonchev–Trinajstić information content (AvgIpc) is 2.07. The van der Waals surface area contributed by atoms with Crippen molar-refractivity contribution in [2.45, 2.75) is 12.7 Å². The lowest BCUT2D eigenvalue weighted by molar-refractivity contribution is 0.619. The van der Waals surface area contributed by atoms with Crippen molar-refractivity contribution < 1.29 is 4.39 Å². The maximum atomic E-state index is 12.9. The summed E-state index contributed by atoms with van der Waals surface area (Å²) in [5.74, 6) is 0.752. The van der Waals surface area contributed by atoms with E-state index in [1.54, 1.807) is 11.8 Å². The second-order valence-electron chi connectivity index (χ2n) is 2.58. The summed E-state index contributed by atoms with van der Waals surface area (Å²) in [5, 5.41) is 0. The summed E-state index contributed by atoms with van der Waals surface area (Å²) in [6.07, 6.45) is 2.04. The monoisotopic (exact) mass is 248 g/mol. The Hall–Kier alpha value is -0.0200. The predicted octanol–water partition coefficient (Wildman–Crippen LogP) is 3.76. The molecule has 0 spiro atoms. The van der Waals surface area contributed by atoms with Crippen LogP contribution in [0.3, 0.4) is 0 Å². The Labute approximate surface area is 84.7 Å². The Morgan fingerprint density at radius 3 is 2.75 bits per heavy atom. The first kappa shape index (κ1) is 10.1. The highest BCUT2D eigenvalue weighted by Gasteiger charge is 2.05. The van der Waals surface area contributed by atoms with Gasteiger partial charge in [0.05, 0.1) is 4.47 Å². The zero-order chi connectivity index (χ0) is 9.14. The van der Waals surface area contributed by atoms with Crippen molar-refractivity contribution in [2.75, 3.05) is 6.26 Å². The fraction of sp³-hybridized carbons (Fsp3) is 0.333. The van der Waals surface area contributed by atoms with E-state index >= 15 is 0 Å². The van der Waals surface area contributed by atoms with E-state index in [0.29, 0.717) is 4.47 Å². The average molecular weight is 249 g/mol. The van der Waals surface area contributed by atoms with Crippen molar-refractivity contribution in [3.63, 3.8) is 0 Å². The van der Waals surface area contributed by atoms with Crippen LogP contribution in [0, 0.1) is 12.7 Å². The molecule has 0 unspecified atom stereocenters. The smallest absolute Gasteiger partial charge is 0.137 e. The van der Waals surface area contributed by atoms with Gasteiger partial charge in [-0.3, -0.25) is 0 Å². The summed E-state index contributed by atoms with van der Waals surface area (Å²) in [4.78, 5) is 0. The number of rotatable bonds is 2. The van der Waals surface area contributed by atoms with Gasteiger partial charge in [-0.25, -0.2) is 4.39 Å². The standard InChI is InChI=1S/C9H10BrFS/c1-6-7(5-12-2)3-4-8(11)9(6)10/h3-4H,5H2,1-2H3. The summed E-state index contributed by atoms with van der Waals surface area (Å²) in [5.41, 5.74) is 2.19. The van der Waals surface area contributed by atoms with Gasteiger partial charge in [-0.2, -0.15) is 11.8 Å². The minimum absolute atomic E-state index is 0.183.